The largest absolute Gasteiger partial charge is 0.247 e. The molecule has 2 aromatic heterocycles. The highest BCUT2D eigenvalue weighted by molar-refractivity contribution is 7.26. The van der Waals surface area contributed by atoms with Crippen molar-refractivity contribution in [3.8, 4) is 22.4 Å². The molecule has 2 heterocycles. The van der Waals surface area contributed by atoms with Gasteiger partial charge in [0.15, 0.2) is 0 Å². The summed E-state index contributed by atoms with van der Waals surface area (Å²) >= 11 is 1.87. The Labute approximate surface area is 240 Å². The zero-order valence-corrected chi connectivity index (χ0v) is 23.0. The van der Waals surface area contributed by atoms with E-state index < -0.39 is 0 Å². The molecule has 0 spiro atoms. The van der Waals surface area contributed by atoms with Gasteiger partial charge in [0.2, 0.25) is 0 Å². The molecule has 9 aromatic rings. The van der Waals surface area contributed by atoms with Gasteiger partial charge < -0.3 is 0 Å². The zero-order valence-electron chi connectivity index (χ0n) is 22.1. The van der Waals surface area contributed by atoms with E-state index >= 15 is 0 Å². The predicted molar refractivity (Wildman–Crippen MR) is 178 cm³/mol. The Kier molecular flexibility index (Phi) is 4.84. The minimum atomic E-state index is 1.03. The number of aromatic nitrogens is 1. The van der Waals surface area contributed by atoms with E-state index in [2.05, 4.69) is 140 Å². The normalized spacial score (nSPS) is 11.9. The Morgan fingerprint density at radius 3 is 2.02 bits per heavy atom. The Balaban J connectivity index is 1.37. The number of hydrogen-bond donors (Lipinski definition) is 0. The van der Waals surface area contributed by atoms with Crippen molar-refractivity contribution in [3.63, 3.8) is 0 Å². The average Bonchev–Trinajstić information content (AvgIpc) is 3.43. The minimum absolute atomic E-state index is 1.03. The van der Waals surface area contributed by atoms with E-state index in [1.807, 2.05) is 11.3 Å². The van der Waals surface area contributed by atoms with Crippen LogP contribution in [0.25, 0.3) is 85.8 Å². The molecule has 0 aliphatic heterocycles. The summed E-state index contributed by atoms with van der Waals surface area (Å²) in [5.74, 6) is 0. The quantitative estimate of drug-likeness (QED) is 0.200. The summed E-state index contributed by atoms with van der Waals surface area (Å²) in [5.41, 5.74) is 5.66. The number of fused-ring (bicyclic) bond motifs is 10. The maximum atomic E-state index is 5.35. The Hall–Kier alpha value is -5.05. The number of benzene rings is 7. The van der Waals surface area contributed by atoms with Gasteiger partial charge in [-0.15, -0.1) is 11.3 Å². The van der Waals surface area contributed by atoms with Crippen molar-refractivity contribution < 1.29 is 0 Å². The maximum Gasteiger partial charge on any atom is 0.0802 e. The van der Waals surface area contributed by atoms with E-state index in [-0.39, 0.29) is 0 Å². The monoisotopic (exact) mass is 537 g/mol. The summed E-state index contributed by atoms with van der Waals surface area (Å²) in [6.07, 6.45) is 0. The molecule has 7 aromatic carbocycles. The van der Waals surface area contributed by atoms with Gasteiger partial charge in [-0.2, -0.15) is 0 Å². The maximum absolute atomic E-state index is 5.35. The van der Waals surface area contributed by atoms with Crippen LogP contribution in [0.3, 0.4) is 0 Å². The van der Waals surface area contributed by atoms with Crippen molar-refractivity contribution in [2.45, 2.75) is 0 Å². The number of para-hydroxylation sites is 1. The molecule has 0 unspecified atom stereocenters. The van der Waals surface area contributed by atoms with E-state index in [0.29, 0.717) is 0 Å². The van der Waals surface area contributed by atoms with Gasteiger partial charge in [0.25, 0.3) is 0 Å². The molecule has 0 bridgehead atoms. The molecule has 0 aliphatic rings. The van der Waals surface area contributed by atoms with Crippen LogP contribution in [0.4, 0.5) is 0 Å². The molecule has 0 amide bonds. The van der Waals surface area contributed by atoms with Gasteiger partial charge in [-0.25, -0.2) is 4.98 Å². The first-order chi connectivity index (χ1) is 20.3. The Morgan fingerprint density at radius 1 is 0.439 bits per heavy atom. The molecule has 0 radical (unpaired) electrons. The fraction of sp³-hybridized carbons (Fsp3) is 0. The summed E-state index contributed by atoms with van der Waals surface area (Å²) in [5, 5.41) is 11.4. The lowest BCUT2D eigenvalue weighted by atomic mass is 9.91. The molecule has 0 atom stereocenters. The van der Waals surface area contributed by atoms with Crippen LogP contribution in [0.15, 0.2) is 140 Å². The third-order valence-corrected chi connectivity index (χ3v) is 9.63. The van der Waals surface area contributed by atoms with Gasteiger partial charge in [-0.1, -0.05) is 115 Å². The van der Waals surface area contributed by atoms with Crippen molar-refractivity contribution in [1.82, 2.24) is 4.98 Å². The molecule has 0 saturated carbocycles. The van der Waals surface area contributed by atoms with Gasteiger partial charge in [0, 0.05) is 36.5 Å². The smallest absolute Gasteiger partial charge is 0.0802 e. The van der Waals surface area contributed by atoms with Crippen molar-refractivity contribution in [3.05, 3.63) is 140 Å². The van der Waals surface area contributed by atoms with E-state index in [1.165, 1.54) is 69.0 Å². The van der Waals surface area contributed by atoms with Crippen molar-refractivity contribution in [1.29, 1.82) is 0 Å². The van der Waals surface area contributed by atoms with Crippen molar-refractivity contribution in [2.75, 3.05) is 0 Å². The molecule has 1 nitrogen and oxygen atoms in total. The lowest BCUT2D eigenvalue weighted by molar-refractivity contribution is 1.43. The van der Waals surface area contributed by atoms with E-state index in [0.717, 1.165) is 16.8 Å². The second kappa shape index (κ2) is 8.72. The minimum Gasteiger partial charge on any atom is -0.247 e. The second-order valence-corrected chi connectivity index (χ2v) is 11.8. The lowest BCUT2D eigenvalue weighted by Crippen LogP contribution is -1.91. The number of hydrogen-bond acceptors (Lipinski definition) is 2. The second-order valence-electron chi connectivity index (χ2n) is 10.7. The lowest BCUT2D eigenvalue weighted by Gasteiger charge is -2.14. The molecule has 0 fully saturated rings. The molecule has 2 heteroatoms. The highest BCUT2D eigenvalue weighted by Gasteiger charge is 2.17. The number of thiophene rings is 1. The Morgan fingerprint density at radius 2 is 1.12 bits per heavy atom. The number of rotatable bonds is 2. The van der Waals surface area contributed by atoms with Crippen LogP contribution in [0, 0.1) is 0 Å². The van der Waals surface area contributed by atoms with Crippen LogP contribution in [0.2, 0.25) is 0 Å². The van der Waals surface area contributed by atoms with E-state index in [1.54, 1.807) is 0 Å². The first-order valence-electron chi connectivity index (χ1n) is 14.0. The van der Waals surface area contributed by atoms with E-state index in [4.69, 9.17) is 4.98 Å². The summed E-state index contributed by atoms with van der Waals surface area (Å²) < 4.78 is 2.61. The van der Waals surface area contributed by atoms with Crippen LogP contribution >= 0.6 is 11.3 Å². The molecular weight excluding hydrogens is 515 g/mol. The van der Waals surface area contributed by atoms with E-state index in [9.17, 15) is 0 Å². The van der Waals surface area contributed by atoms with Gasteiger partial charge in [-0.05, 0) is 62.3 Å². The average molecular weight is 538 g/mol. The number of nitrogens with zero attached hydrogens (tertiary/aromatic N) is 1. The molecule has 0 saturated heterocycles. The third-order valence-electron chi connectivity index (χ3n) is 8.43. The summed E-state index contributed by atoms with van der Waals surface area (Å²) in [7, 11) is 0. The standard InChI is InChI=1S/C39H23NS/c1-2-13-27-25(10-1)23-34(29-15-4-3-14-28(27)29)24-11-9-12-26(22-24)38-37-32(30-16-5-7-18-35(30)40-38)20-21-33-31-17-6-8-19-36(31)41-39(33)37/h1-23H. The van der Waals surface area contributed by atoms with Gasteiger partial charge in [0.05, 0.1) is 11.2 Å². The topological polar surface area (TPSA) is 12.9 Å². The fourth-order valence-electron chi connectivity index (χ4n) is 6.56. The van der Waals surface area contributed by atoms with Crippen LogP contribution in [0.1, 0.15) is 0 Å². The molecule has 41 heavy (non-hydrogen) atoms. The van der Waals surface area contributed by atoms with Crippen LogP contribution in [-0.4, -0.2) is 4.98 Å². The van der Waals surface area contributed by atoms with Gasteiger partial charge >= 0.3 is 0 Å². The molecule has 0 aliphatic carbocycles. The fourth-order valence-corrected chi connectivity index (χ4v) is 7.81. The number of pyridine rings is 1. The summed E-state index contributed by atoms with van der Waals surface area (Å²) in [4.78, 5) is 5.35. The van der Waals surface area contributed by atoms with Crippen LogP contribution in [0.5, 0.6) is 0 Å². The first kappa shape index (κ1) is 22.7. The molecule has 190 valence electrons. The highest BCUT2D eigenvalue weighted by Crippen LogP contribution is 2.44. The Bertz CT molecular complexity index is 2480. The summed E-state index contributed by atoms with van der Waals surface area (Å²) in [6.45, 7) is 0. The van der Waals surface area contributed by atoms with Crippen LogP contribution in [-0.2, 0) is 0 Å². The van der Waals surface area contributed by atoms with Gasteiger partial charge in [-0.3, -0.25) is 0 Å². The zero-order chi connectivity index (χ0) is 26.9. The SMILES string of the molecule is c1cc(-c2cc3ccccc3c3ccccc23)cc(-c2nc3ccccc3c3ccc4c5ccccc5sc4c23)c1. The first-order valence-corrected chi connectivity index (χ1v) is 14.8. The molecule has 0 N–H and O–H groups in total. The molecular formula is C39H23NS. The highest BCUT2D eigenvalue weighted by atomic mass is 32.1. The van der Waals surface area contributed by atoms with Crippen LogP contribution < -0.4 is 0 Å². The summed E-state index contributed by atoms with van der Waals surface area (Å²) in [6, 6.07) is 50.6. The molecule has 9 rings (SSSR count). The predicted octanol–water partition coefficient (Wildman–Crippen LogP) is 11.4. The van der Waals surface area contributed by atoms with Gasteiger partial charge in [0.1, 0.15) is 0 Å². The van der Waals surface area contributed by atoms with Crippen molar-refractivity contribution >= 4 is 74.7 Å². The van der Waals surface area contributed by atoms with Crippen molar-refractivity contribution in [2.24, 2.45) is 0 Å². The third kappa shape index (κ3) is 3.38.